The molecule has 0 radical (unpaired) electrons. The van der Waals surface area contributed by atoms with E-state index < -0.39 is 0 Å². The number of hydrogen-bond donors (Lipinski definition) is 2. The van der Waals surface area contributed by atoms with E-state index in [0.29, 0.717) is 18.6 Å². The summed E-state index contributed by atoms with van der Waals surface area (Å²) in [5, 5.41) is 6.83. The Hall–Kier alpha value is -3.45. The fraction of sp³-hybridized carbons (Fsp3) is 0.292. The third-order valence-electron chi connectivity index (χ3n) is 5.67. The zero-order valence-electron chi connectivity index (χ0n) is 17.5. The quantitative estimate of drug-likeness (QED) is 0.474. The Morgan fingerprint density at radius 1 is 1.16 bits per heavy atom. The van der Waals surface area contributed by atoms with Crippen molar-refractivity contribution < 1.29 is 4.74 Å². The predicted octanol–water partition coefficient (Wildman–Crippen LogP) is 4.12. The van der Waals surface area contributed by atoms with Crippen molar-refractivity contribution in [1.82, 2.24) is 24.8 Å². The molecule has 4 aromatic rings. The summed E-state index contributed by atoms with van der Waals surface area (Å²) in [5.74, 6) is 2.19. The van der Waals surface area contributed by atoms with Crippen LogP contribution in [-0.4, -0.2) is 38.7 Å². The van der Waals surface area contributed by atoms with Gasteiger partial charge in [0.05, 0.1) is 17.1 Å². The summed E-state index contributed by atoms with van der Waals surface area (Å²) in [7, 11) is 0. The Kier molecular flexibility index (Phi) is 5.50. The topological polar surface area (TPSA) is 76.9 Å². The van der Waals surface area contributed by atoms with E-state index in [0.717, 1.165) is 29.1 Å². The lowest BCUT2D eigenvalue weighted by Crippen LogP contribution is -2.28. The van der Waals surface area contributed by atoms with E-state index in [-0.39, 0.29) is 6.04 Å². The molecule has 0 aliphatic carbocycles. The highest BCUT2D eigenvalue weighted by molar-refractivity contribution is 5.78. The minimum atomic E-state index is 0.102. The predicted molar refractivity (Wildman–Crippen MR) is 122 cm³/mol. The molecule has 7 nitrogen and oxygen atoms in total. The normalized spacial score (nSPS) is 17.0. The summed E-state index contributed by atoms with van der Waals surface area (Å²) in [4.78, 5) is 13.7. The molecule has 1 aliphatic heterocycles. The molecule has 2 N–H and O–H groups in total. The Morgan fingerprint density at radius 3 is 2.90 bits per heavy atom. The molecule has 5 rings (SSSR count). The summed E-state index contributed by atoms with van der Waals surface area (Å²) in [5.41, 5.74) is 3.04. The lowest BCUT2D eigenvalue weighted by molar-refractivity contribution is 0.277. The van der Waals surface area contributed by atoms with Crippen LogP contribution in [0, 0.1) is 0 Å². The maximum Gasteiger partial charge on any atom is 0.225 e. The van der Waals surface area contributed by atoms with E-state index >= 15 is 0 Å². The monoisotopic (exact) mass is 414 g/mol. The minimum absolute atomic E-state index is 0.102. The van der Waals surface area contributed by atoms with E-state index in [2.05, 4.69) is 39.7 Å². The average Bonchev–Trinajstić information content (AvgIpc) is 3.48. The Labute approximate surface area is 181 Å². The zero-order valence-corrected chi connectivity index (χ0v) is 17.5. The number of benzene rings is 2. The van der Waals surface area contributed by atoms with Gasteiger partial charge >= 0.3 is 0 Å². The fourth-order valence-corrected chi connectivity index (χ4v) is 3.93. The van der Waals surface area contributed by atoms with Gasteiger partial charge in [0, 0.05) is 18.3 Å². The Morgan fingerprint density at radius 2 is 2.06 bits per heavy atom. The molecule has 0 saturated carbocycles. The Bertz CT molecular complexity index is 1150. The maximum absolute atomic E-state index is 5.97. The number of fused-ring (bicyclic) bond motifs is 1. The molecule has 0 bridgehead atoms. The van der Waals surface area contributed by atoms with Gasteiger partial charge in [0.1, 0.15) is 24.5 Å². The summed E-state index contributed by atoms with van der Waals surface area (Å²) >= 11 is 0. The van der Waals surface area contributed by atoms with Crippen LogP contribution in [0.4, 0.5) is 5.95 Å². The Balaban J connectivity index is 1.33. The molecule has 2 atom stereocenters. The van der Waals surface area contributed by atoms with Crippen LogP contribution in [0.2, 0.25) is 0 Å². The number of hydrogen-bond acceptors (Lipinski definition) is 6. The number of imidazole rings is 1. The molecule has 3 heterocycles. The molecule has 2 aromatic heterocycles. The molecule has 7 heteroatoms. The smallest absolute Gasteiger partial charge is 0.225 e. The van der Waals surface area contributed by atoms with Crippen molar-refractivity contribution in [1.29, 1.82) is 0 Å². The first-order valence-electron chi connectivity index (χ1n) is 10.7. The van der Waals surface area contributed by atoms with Gasteiger partial charge < -0.3 is 15.4 Å². The van der Waals surface area contributed by atoms with Crippen LogP contribution in [0.5, 0.6) is 5.75 Å². The van der Waals surface area contributed by atoms with E-state index in [1.807, 2.05) is 47.0 Å². The van der Waals surface area contributed by atoms with Gasteiger partial charge in [-0.25, -0.2) is 9.97 Å². The molecular weight excluding hydrogens is 388 g/mol. The lowest BCUT2D eigenvalue weighted by atomic mass is 10.1. The maximum atomic E-state index is 5.97. The highest BCUT2D eigenvalue weighted by Crippen LogP contribution is 2.23. The first kappa shape index (κ1) is 19.5. The molecule has 1 fully saturated rings. The van der Waals surface area contributed by atoms with Gasteiger partial charge in [-0.3, -0.25) is 4.57 Å². The van der Waals surface area contributed by atoms with Gasteiger partial charge in [-0.05, 0) is 50.1 Å². The van der Waals surface area contributed by atoms with Crippen molar-refractivity contribution in [2.75, 3.05) is 18.5 Å². The van der Waals surface area contributed by atoms with Crippen molar-refractivity contribution in [2.45, 2.75) is 31.8 Å². The van der Waals surface area contributed by atoms with Crippen molar-refractivity contribution >= 4 is 17.0 Å². The molecule has 158 valence electrons. The van der Waals surface area contributed by atoms with Crippen molar-refractivity contribution in [3.8, 4) is 11.6 Å². The van der Waals surface area contributed by atoms with Crippen LogP contribution in [0.25, 0.3) is 16.9 Å². The highest BCUT2D eigenvalue weighted by atomic mass is 16.5. The summed E-state index contributed by atoms with van der Waals surface area (Å²) in [6.07, 6.45) is 5.95. The molecule has 0 spiro atoms. The van der Waals surface area contributed by atoms with Crippen LogP contribution >= 0.6 is 0 Å². The SMILES string of the molecule is C[C@H](Nc1nccc(-n2cnc3cc(OCC4CCCN4)ccc32)n1)c1ccccc1. The second kappa shape index (κ2) is 8.73. The third-order valence-corrected chi connectivity index (χ3v) is 5.67. The number of nitrogens with zero attached hydrogens (tertiary/aromatic N) is 4. The van der Waals surface area contributed by atoms with Crippen molar-refractivity contribution in [2.24, 2.45) is 0 Å². The number of rotatable bonds is 7. The average molecular weight is 415 g/mol. The molecule has 1 unspecified atom stereocenters. The lowest BCUT2D eigenvalue weighted by Gasteiger charge is -2.15. The molecule has 1 aliphatic rings. The zero-order chi connectivity index (χ0) is 21.0. The fourth-order valence-electron chi connectivity index (χ4n) is 3.93. The number of nitrogens with one attached hydrogen (secondary N) is 2. The van der Waals surface area contributed by atoms with Crippen molar-refractivity contribution in [3.05, 3.63) is 72.7 Å². The second-order valence-electron chi connectivity index (χ2n) is 7.88. The van der Waals surface area contributed by atoms with Gasteiger partial charge in [-0.15, -0.1) is 0 Å². The van der Waals surface area contributed by atoms with E-state index in [1.165, 1.54) is 18.4 Å². The first-order valence-corrected chi connectivity index (χ1v) is 10.7. The highest BCUT2D eigenvalue weighted by Gasteiger charge is 2.15. The minimum Gasteiger partial charge on any atom is -0.492 e. The van der Waals surface area contributed by atoms with Gasteiger partial charge in [0.2, 0.25) is 5.95 Å². The van der Waals surface area contributed by atoms with Crippen LogP contribution < -0.4 is 15.4 Å². The molecule has 1 saturated heterocycles. The molecule has 31 heavy (non-hydrogen) atoms. The van der Waals surface area contributed by atoms with Gasteiger partial charge in [-0.1, -0.05) is 30.3 Å². The standard InChI is InChI=1S/C24H26N6O/c1-17(18-6-3-2-4-7-18)28-24-26-13-11-23(29-24)30-16-27-21-14-20(9-10-22(21)30)31-15-19-8-5-12-25-19/h2-4,6-7,9-11,13-14,16-17,19,25H,5,8,12,15H2,1H3,(H,26,28,29)/t17-,19?/m0/s1. The van der Waals surface area contributed by atoms with Gasteiger partial charge in [0.15, 0.2) is 0 Å². The van der Waals surface area contributed by atoms with E-state index in [4.69, 9.17) is 9.72 Å². The molecule has 2 aromatic carbocycles. The van der Waals surface area contributed by atoms with E-state index in [9.17, 15) is 0 Å². The van der Waals surface area contributed by atoms with E-state index in [1.54, 1.807) is 12.5 Å². The van der Waals surface area contributed by atoms with Crippen LogP contribution in [0.15, 0.2) is 67.1 Å². The van der Waals surface area contributed by atoms with Crippen molar-refractivity contribution in [3.63, 3.8) is 0 Å². The largest absolute Gasteiger partial charge is 0.492 e. The van der Waals surface area contributed by atoms with Crippen LogP contribution in [0.3, 0.4) is 0 Å². The second-order valence-corrected chi connectivity index (χ2v) is 7.88. The number of aromatic nitrogens is 4. The molecule has 0 amide bonds. The van der Waals surface area contributed by atoms with Crippen LogP contribution in [-0.2, 0) is 0 Å². The summed E-state index contributed by atoms with van der Waals surface area (Å²) < 4.78 is 7.94. The number of anilines is 1. The summed E-state index contributed by atoms with van der Waals surface area (Å²) in [6, 6.07) is 18.7. The first-order chi connectivity index (χ1) is 15.3. The number of ether oxygens (including phenoxy) is 1. The van der Waals surface area contributed by atoms with Gasteiger partial charge in [-0.2, -0.15) is 4.98 Å². The molecular formula is C24H26N6O. The third kappa shape index (κ3) is 4.36. The van der Waals surface area contributed by atoms with Gasteiger partial charge in [0.25, 0.3) is 0 Å². The van der Waals surface area contributed by atoms with Crippen LogP contribution in [0.1, 0.15) is 31.4 Å². The summed E-state index contributed by atoms with van der Waals surface area (Å²) in [6.45, 7) is 3.87.